The molecule has 57 heavy (non-hydrogen) atoms. The molecule has 1 saturated carbocycles. The Kier molecular flexibility index (Phi) is 10.5. The van der Waals surface area contributed by atoms with Crippen molar-refractivity contribution in [2.24, 2.45) is 0 Å². The fourth-order valence-electron chi connectivity index (χ4n) is 8.52. The first kappa shape index (κ1) is 37.9. The Balaban J connectivity index is 0.818. The van der Waals surface area contributed by atoms with E-state index in [4.69, 9.17) is 9.72 Å². The largest absolute Gasteiger partial charge is 0.493 e. The number of anilines is 3. The number of rotatable bonds is 12. The Hall–Kier alpha value is -6.03. The van der Waals surface area contributed by atoms with E-state index in [0.29, 0.717) is 40.7 Å². The normalized spacial score (nSPS) is 19.0. The van der Waals surface area contributed by atoms with Crippen LogP contribution in [0, 0.1) is 6.92 Å². The number of Topliss-reactive ketones (excluding diaryl/α,β-unsaturated/α-hetero) is 1. The summed E-state index contributed by atoms with van der Waals surface area (Å²) < 4.78 is 7.70. The van der Waals surface area contributed by atoms with Gasteiger partial charge in [-0.15, -0.1) is 0 Å². The van der Waals surface area contributed by atoms with E-state index >= 15 is 0 Å². The molecule has 16 heteroatoms. The lowest BCUT2D eigenvalue weighted by Gasteiger charge is -2.36. The highest BCUT2D eigenvalue weighted by atomic mass is 16.5. The van der Waals surface area contributed by atoms with Gasteiger partial charge >= 0.3 is 0 Å². The summed E-state index contributed by atoms with van der Waals surface area (Å²) in [6.07, 6.45) is 9.12. The first-order valence-electron chi connectivity index (χ1n) is 19.7. The van der Waals surface area contributed by atoms with E-state index in [1.165, 1.54) is 6.92 Å². The number of piperidine rings is 1. The number of amides is 4. The van der Waals surface area contributed by atoms with Crippen molar-refractivity contribution in [2.45, 2.75) is 77.3 Å². The monoisotopic (exact) mass is 775 g/mol. The number of aryl methyl sites for hydroxylation is 1. The Morgan fingerprint density at radius 2 is 1.72 bits per heavy atom. The fourth-order valence-corrected chi connectivity index (χ4v) is 8.52. The van der Waals surface area contributed by atoms with Gasteiger partial charge in [0.25, 0.3) is 17.4 Å². The van der Waals surface area contributed by atoms with E-state index < -0.39 is 29.7 Å². The van der Waals surface area contributed by atoms with Gasteiger partial charge in [-0.05, 0) is 82.3 Å². The van der Waals surface area contributed by atoms with Gasteiger partial charge in [0.05, 0.1) is 35.2 Å². The van der Waals surface area contributed by atoms with Gasteiger partial charge in [0.2, 0.25) is 17.8 Å². The predicted molar refractivity (Wildman–Crippen MR) is 210 cm³/mol. The molecule has 3 aliphatic heterocycles. The number of pyridine rings is 2. The number of benzene rings is 1. The Bertz CT molecular complexity index is 2330. The molecule has 0 bridgehead atoms. The third-order valence-electron chi connectivity index (χ3n) is 11.5. The molecular formula is C41H45N9O7. The second-order valence-corrected chi connectivity index (χ2v) is 15.1. The molecule has 16 nitrogen and oxygen atoms in total. The number of ketones is 1. The van der Waals surface area contributed by atoms with Gasteiger partial charge in [0.1, 0.15) is 23.3 Å². The van der Waals surface area contributed by atoms with Crippen LogP contribution in [0.1, 0.15) is 101 Å². The quantitative estimate of drug-likeness (QED) is 0.120. The van der Waals surface area contributed by atoms with Crippen LogP contribution in [-0.4, -0.2) is 104 Å². The van der Waals surface area contributed by atoms with E-state index in [2.05, 4.69) is 30.4 Å². The highest BCUT2D eigenvalue weighted by Gasteiger charge is 2.46. The number of ether oxygens (including phenoxy) is 1. The Morgan fingerprint density at radius 3 is 2.44 bits per heavy atom. The summed E-state index contributed by atoms with van der Waals surface area (Å²) in [6, 6.07) is 7.77. The predicted octanol–water partition coefficient (Wildman–Crippen LogP) is 3.94. The zero-order chi connectivity index (χ0) is 39.8. The van der Waals surface area contributed by atoms with Crippen LogP contribution in [0.25, 0.3) is 11.0 Å². The lowest BCUT2D eigenvalue weighted by molar-refractivity contribution is -0.136. The van der Waals surface area contributed by atoms with Gasteiger partial charge in [0, 0.05) is 50.2 Å². The molecule has 1 atom stereocenters. The summed E-state index contributed by atoms with van der Waals surface area (Å²) in [7, 11) is 0. The Labute approximate surface area is 328 Å². The highest BCUT2D eigenvalue weighted by Crippen LogP contribution is 2.34. The number of nitrogens with zero attached hydrogens (tertiary/aromatic N) is 7. The summed E-state index contributed by atoms with van der Waals surface area (Å²) in [4.78, 5) is 96.0. The van der Waals surface area contributed by atoms with E-state index in [1.54, 1.807) is 35.9 Å². The van der Waals surface area contributed by atoms with Crippen LogP contribution in [0.4, 0.5) is 17.5 Å². The third-order valence-corrected chi connectivity index (χ3v) is 11.5. The van der Waals surface area contributed by atoms with Gasteiger partial charge in [-0.25, -0.2) is 9.97 Å². The number of carbonyl (C=O) groups excluding carboxylic acids is 5. The van der Waals surface area contributed by atoms with Crippen molar-refractivity contribution in [3.63, 3.8) is 0 Å². The van der Waals surface area contributed by atoms with Crippen LogP contribution >= 0.6 is 0 Å². The highest BCUT2D eigenvalue weighted by molar-refractivity contribution is 6.24. The smallest absolute Gasteiger partial charge is 0.266 e. The van der Waals surface area contributed by atoms with E-state index in [1.807, 2.05) is 18.3 Å². The van der Waals surface area contributed by atoms with Crippen molar-refractivity contribution in [3.8, 4) is 5.75 Å². The van der Waals surface area contributed by atoms with Crippen LogP contribution in [0.5, 0.6) is 5.75 Å². The number of hydrogen-bond donors (Lipinski definition) is 2. The van der Waals surface area contributed by atoms with Gasteiger partial charge < -0.3 is 15.0 Å². The number of carbonyl (C=O) groups is 5. The van der Waals surface area contributed by atoms with Gasteiger partial charge in [0.15, 0.2) is 5.78 Å². The maximum absolute atomic E-state index is 13.5. The first-order chi connectivity index (χ1) is 27.6. The average Bonchev–Trinajstić information content (AvgIpc) is 3.82. The van der Waals surface area contributed by atoms with Gasteiger partial charge in [-0.2, -0.15) is 4.98 Å². The molecule has 3 fully saturated rings. The SMILES string of the molecule is CC(=O)c1c(C)c2cnc(Nc3ccc(N4CCN(CCCCOc5cccc6c5C(=O)N(C5CCC(=O)NC5=O)C6=O)CC4)cn3)nc2n(C2CCCC2)c1=O. The molecule has 1 aromatic carbocycles. The Morgan fingerprint density at radius 1 is 0.930 bits per heavy atom. The average molecular weight is 776 g/mol. The minimum absolute atomic E-state index is 0.000727. The molecule has 296 valence electrons. The maximum Gasteiger partial charge on any atom is 0.266 e. The molecule has 1 aliphatic carbocycles. The minimum Gasteiger partial charge on any atom is -0.493 e. The van der Waals surface area contributed by atoms with Crippen molar-refractivity contribution in [1.82, 2.24) is 34.6 Å². The van der Waals surface area contributed by atoms with Crippen LogP contribution < -0.4 is 25.8 Å². The number of aromatic nitrogens is 4. The lowest BCUT2D eigenvalue weighted by atomic mass is 10.0. The number of unbranched alkanes of at least 4 members (excludes halogenated alkanes) is 1. The number of imide groups is 2. The number of fused-ring (bicyclic) bond motifs is 2. The summed E-state index contributed by atoms with van der Waals surface area (Å²) in [5, 5.41) is 6.11. The summed E-state index contributed by atoms with van der Waals surface area (Å²) in [6.45, 7) is 7.93. The number of hydrogen-bond acceptors (Lipinski definition) is 13. The van der Waals surface area contributed by atoms with Crippen molar-refractivity contribution >= 4 is 57.9 Å². The molecular weight excluding hydrogens is 731 g/mol. The molecule has 4 amide bonds. The number of nitrogens with one attached hydrogen (secondary N) is 2. The topological polar surface area (TPSA) is 189 Å². The molecule has 3 aromatic heterocycles. The van der Waals surface area contributed by atoms with Crippen LogP contribution in [-0.2, 0) is 9.59 Å². The maximum atomic E-state index is 13.5. The second kappa shape index (κ2) is 15.8. The molecule has 8 rings (SSSR count). The van der Waals surface area contributed by atoms with Crippen molar-refractivity contribution < 1.29 is 28.7 Å². The molecule has 0 spiro atoms. The minimum atomic E-state index is -1.02. The van der Waals surface area contributed by atoms with Crippen LogP contribution in [0.15, 0.2) is 47.5 Å². The summed E-state index contributed by atoms with van der Waals surface area (Å²) in [5.74, 6) is -1.22. The van der Waals surface area contributed by atoms with Crippen molar-refractivity contribution in [1.29, 1.82) is 0 Å². The molecule has 2 saturated heterocycles. The summed E-state index contributed by atoms with van der Waals surface area (Å²) >= 11 is 0. The second-order valence-electron chi connectivity index (χ2n) is 15.1. The van der Waals surface area contributed by atoms with E-state index in [9.17, 15) is 28.8 Å². The molecule has 4 aliphatic rings. The number of piperazine rings is 1. The van der Waals surface area contributed by atoms with E-state index in [-0.39, 0.29) is 46.9 Å². The molecule has 4 aromatic rings. The van der Waals surface area contributed by atoms with Crippen LogP contribution in [0.3, 0.4) is 0 Å². The van der Waals surface area contributed by atoms with Crippen LogP contribution in [0.2, 0.25) is 0 Å². The summed E-state index contributed by atoms with van der Waals surface area (Å²) in [5.41, 5.74) is 2.43. The third kappa shape index (κ3) is 7.36. The van der Waals surface area contributed by atoms with Gasteiger partial charge in [-0.1, -0.05) is 18.9 Å². The standard InChI is InChI=1S/C41H45N9O7/c1-24-29-23-43-41(46-36(29)49(26-8-3-4-9-26)39(55)34(24)25(2)51)44-32-14-12-27(22-42-32)48-19-17-47(18-20-48)16-5-6-21-57-31-11-7-10-28-35(31)40(56)50(38(28)54)30-13-15-33(52)45-37(30)53/h7,10-12,14,22-23,26,30H,3-6,8-9,13,15-21H2,1-2H3,(H,45,52,53)(H,42,43,44,46). The molecule has 0 radical (unpaired) electrons. The fraction of sp³-hybridized carbons (Fsp3) is 0.439. The van der Waals surface area contributed by atoms with Crippen molar-refractivity contribution in [2.75, 3.05) is 49.5 Å². The van der Waals surface area contributed by atoms with Crippen molar-refractivity contribution in [3.05, 3.63) is 75.3 Å². The zero-order valence-electron chi connectivity index (χ0n) is 32.1. The molecule has 1 unspecified atom stereocenters. The molecule has 6 heterocycles. The van der Waals surface area contributed by atoms with E-state index in [0.717, 1.165) is 81.8 Å². The zero-order valence-corrected chi connectivity index (χ0v) is 32.1. The van der Waals surface area contributed by atoms with Gasteiger partial charge in [-0.3, -0.25) is 48.5 Å². The lowest BCUT2D eigenvalue weighted by Crippen LogP contribution is -2.54. The first-order valence-corrected chi connectivity index (χ1v) is 19.7. The molecule has 2 N–H and O–H groups in total.